The maximum atomic E-state index is 11.2. The van der Waals surface area contributed by atoms with Gasteiger partial charge in [-0.1, -0.05) is 41.5 Å². The Balaban J connectivity index is 1.34. The zero-order chi connectivity index (χ0) is 19.9. The van der Waals surface area contributed by atoms with Gasteiger partial charge in [-0.3, -0.25) is 4.90 Å². The average Bonchev–Trinajstić information content (AvgIpc) is 3.08. The van der Waals surface area contributed by atoms with Crippen molar-refractivity contribution in [2.24, 2.45) is 11.8 Å². The van der Waals surface area contributed by atoms with Crippen molar-refractivity contribution >= 4 is 0 Å². The number of β-amino-alcohol motifs (C(OH)–C–C–N with tert-alkyl or cyclic N) is 1. The highest BCUT2D eigenvalue weighted by atomic mass is 16.3. The molecule has 0 amide bonds. The third kappa shape index (κ3) is 4.24. The fourth-order valence-corrected chi connectivity index (χ4v) is 5.45. The smallest absolute Gasteiger partial charge is 0.115 e. The molecule has 0 aromatic heterocycles. The molecule has 4 atom stereocenters. The quantitative estimate of drug-likeness (QED) is 0.743. The number of hydrogen-bond donors (Lipinski definition) is 3. The largest absolute Gasteiger partial charge is 0.508 e. The molecule has 4 rings (SSSR count). The van der Waals surface area contributed by atoms with Crippen LogP contribution < -0.4 is 0 Å². The number of likely N-dealkylation sites (tertiary alicyclic amines) is 1. The van der Waals surface area contributed by atoms with Crippen molar-refractivity contribution in [3.05, 3.63) is 64.7 Å². The standard InChI is InChI=1S/C24H31NO3/c1-16-7-17(2)9-18(8-16)10-24(28)11-20-13-25(14-21(20)12-24)15-23(27)19-3-5-22(26)6-4-19/h3-9,20-21,23,26-28H,10-15H2,1-2H3/t20-,21+,23?,24?. The van der Waals surface area contributed by atoms with Gasteiger partial charge in [-0.2, -0.15) is 0 Å². The Morgan fingerprint density at radius 1 is 1.00 bits per heavy atom. The van der Waals surface area contributed by atoms with E-state index >= 15 is 0 Å². The summed E-state index contributed by atoms with van der Waals surface area (Å²) in [4.78, 5) is 2.32. The lowest BCUT2D eigenvalue weighted by Gasteiger charge is -2.27. The molecule has 150 valence electrons. The van der Waals surface area contributed by atoms with Crippen LogP contribution in [0.15, 0.2) is 42.5 Å². The summed E-state index contributed by atoms with van der Waals surface area (Å²) in [7, 11) is 0. The van der Waals surface area contributed by atoms with Crippen LogP contribution in [0.2, 0.25) is 0 Å². The van der Waals surface area contributed by atoms with E-state index in [1.54, 1.807) is 24.3 Å². The second kappa shape index (κ2) is 7.51. The predicted octanol–water partition coefficient (Wildman–Crippen LogP) is 3.36. The summed E-state index contributed by atoms with van der Waals surface area (Å²) in [5.41, 5.74) is 3.98. The molecule has 0 radical (unpaired) electrons. The van der Waals surface area contributed by atoms with Gasteiger partial charge < -0.3 is 15.3 Å². The molecule has 3 N–H and O–H groups in total. The highest BCUT2D eigenvalue weighted by molar-refractivity contribution is 5.30. The maximum Gasteiger partial charge on any atom is 0.115 e. The Bertz CT molecular complexity index is 798. The number of hydrogen-bond acceptors (Lipinski definition) is 4. The molecule has 4 nitrogen and oxygen atoms in total. The molecular formula is C24H31NO3. The summed E-state index contributed by atoms with van der Waals surface area (Å²) in [6.45, 7) is 6.71. The molecule has 2 unspecified atom stereocenters. The first kappa shape index (κ1) is 19.4. The molecule has 1 saturated heterocycles. The number of benzene rings is 2. The summed E-state index contributed by atoms with van der Waals surface area (Å²) in [5.74, 6) is 1.22. The van der Waals surface area contributed by atoms with Crippen LogP contribution in [-0.2, 0) is 6.42 Å². The number of fused-ring (bicyclic) bond motifs is 1. The van der Waals surface area contributed by atoms with E-state index in [0.29, 0.717) is 18.4 Å². The molecule has 0 spiro atoms. The van der Waals surface area contributed by atoms with Crippen LogP contribution >= 0.6 is 0 Å². The molecule has 1 aliphatic heterocycles. The molecule has 2 aromatic carbocycles. The van der Waals surface area contributed by atoms with Crippen LogP contribution in [0, 0.1) is 25.7 Å². The van der Waals surface area contributed by atoms with Crippen molar-refractivity contribution in [1.29, 1.82) is 0 Å². The van der Waals surface area contributed by atoms with Crippen molar-refractivity contribution in [2.75, 3.05) is 19.6 Å². The average molecular weight is 382 g/mol. The van der Waals surface area contributed by atoms with Gasteiger partial charge in [0.15, 0.2) is 0 Å². The molecule has 1 aliphatic carbocycles. The highest BCUT2D eigenvalue weighted by Gasteiger charge is 2.48. The van der Waals surface area contributed by atoms with Gasteiger partial charge in [-0.25, -0.2) is 0 Å². The van der Waals surface area contributed by atoms with E-state index in [0.717, 1.165) is 37.9 Å². The minimum absolute atomic E-state index is 0.217. The summed E-state index contributed by atoms with van der Waals surface area (Å²) < 4.78 is 0. The summed E-state index contributed by atoms with van der Waals surface area (Å²) in [6, 6.07) is 13.3. The Labute approximate surface area is 167 Å². The van der Waals surface area contributed by atoms with Crippen LogP contribution in [0.4, 0.5) is 0 Å². The van der Waals surface area contributed by atoms with Crippen molar-refractivity contribution in [3.63, 3.8) is 0 Å². The van der Waals surface area contributed by atoms with Crippen molar-refractivity contribution in [3.8, 4) is 5.75 Å². The molecule has 1 heterocycles. The second-order valence-electron chi connectivity index (χ2n) is 9.15. The predicted molar refractivity (Wildman–Crippen MR) is 110 cm³/mol. The monoisotopic (exact) mass is 381 g/mol. The third-order valence-corrected chi connectivity index (χ3v) is 6.46. The minimum atomic E-state index is -0.600. The number of aromatic hydroxyl groups is 1. The summed E-state index contributed by atoms with van der Waals surface area (Å²) >= 11 is 0. The van der Waals surface area contributed by atoms with E-state index in [-0.39, 0.29) is 5.75 Å². The third-order valence-electron chi connectivity index (χ3n) is 6.46. The van der Waals surface area contributed by atoms with Gasteiger partial charge in [-0.15, -0.1) is 0 Å². The number of phenolic OH excluding ortho intramolecular Hbond substituents is 1. The number of aliphatic hydroxyl groups is 2. The van der Waals surface area contributed by atoms with Crippen molar-refractivity contribution < 1.29 is 15.3 Å². The number of aliphatic hydroxyl groups excluding tert-OH is 1. The van der Waals surface area contributed by atoms with E-state index in [1.165, 1.54) is 16.7 Å². The molecule has 0 bridgehead atoms. The molecule has 2 aromatic rings. The molecule has 2 fully saturated rings. The molecule has 2 aliphatic rings. The van der Waals surface area contributed by atoms with Gasteiger partial charge in [0.25, 0.3) is 0 Å². The number of nitrogens with zero attached hydrogens (tertiary/aromatic N) is 1. The Morgan fingerprint density at radius 3 is 2.14 bits per heavy atom. The van der Waals surface area contributed by atoms with Crippen molar-refractivity contribution in [2.45, 2.75) is 44.8 Å². The fourth-order valence-electron chi connectivity index (χ4n) is 5.45. The second-order valence-corrected chi connectivity index (χ2v) is 9.15. The van der Waals surface area contributed by atoms with E-state index < -0.39 is 11.7 Å². The Morgan fingerprint density at radius 2 is 1.57 bits per heavy atom. The summed E-state index contributed by atoms with van der Waals surface area (Å²) in [6.07, 6.45) is 1.87. The van der Waals surface area contributed by atoms with Crippen molar-refractivity contribution in [1.82, 2.24) is 4.90 Å². The van der Waals surface area contributed by atoms with Gasteiger partial charge >= 0.3 is 0 Å². The first-order valence-corrected chi connectivity index (χ1v) is 10.3. The van der Waals surface area contributed by atoms with Crippen LogP contribution in [0.25, 0.3) is 0 Å². The van der Waals surface area contributed by atoms with Gasteiger partial charge in [0.2, 0.25) is 0 Å². The number of phenols is 1. The van der Waals surface area contributed by atoms with E-state index in [2.05, 4.69) is 36.9 Å². The van der Waals surface area contributed by atoms with Gasteiger partial charge in [-0.05, 0) is 61.8 Å². The Kier molecular flexibility index (Phi) is 5.21. The van der Waals surface area contributed by atoms with Crippen LogP contribution in [-0.4, -0.2) is 45.5 Å². The van der Waals surface area contributed by atoms with Gasteiger partial charge in [0.1, 0.15) is 5.75 Å². The number of rotatable bonds is 5. The number of aryl methyl sites for hydroxylation is 2. The van der Waals surface area contributed by atoms with E-state index in [1.807, 2.05) is 0 Å². The highest BCUT2D eigenvalue weighted by Crippen LogP contribution is 2.45. The fraction of sp³-hybridized carbons (Fsp3) is 0.500. The topological polar surface area (TPSA) is 63.9 Å². The normalized spacial score (nSPS) is 28.4. The minimum Gasteiger partial charge on any atom is -0.508 e. The van der Waals surface area contributed by atoms with Crippen LogP contribution in [0.1, 0.15) is 41.2 Å². The molecule has 28 heavy (non-hydrogen) atoms. The zero-order valence-corrected chi connectivity index (χ0v) is 16.8. The van der Waals surface area contributed by atoms with Gasteiger partial charge in [0, 0.05) is 26.1 Å². The van der Waals surface area contributed by atoms with E-state index in [9.17, 15) is 15.3 Å². The van der Waals surface area contributed by atoms with Crippen LogP contribution in [0.5, 0.6) is 5.75 Å². The molecular weight excluding hydrogens is 350 g/mol. The molecule has 4 heteroatoms. The van der Waals surface area contributed by atoms with E-state index in [4.69, 9.17) is 0 Å². The first-order valence-electron chi connectivity index (χ1n) is 10.3. The van der Waals surface area contributed by atoms with Gasteiger partial charge in [0.05, 0.1) is 11.7 Å². The Hall–Kier alpha value is -1.88. The maximum absolute atomic E-state index is 11.2. The summed E-state index contributed by atoms with van der Waals surface area (Å²) in [5, 5.41) is 31.1. The lowest BCUT2D eigenvalue weighted by Crippen LogP contribution is -2.33. The van der Waals surface area contributed by atoms with Crippen LogP contribution in [0.3, 0.4) is 0 Å². The first-order chi connectivity index (χ1) is 13.3. The zero-order valence-electron chi connectivity index (χ0n) is 16.8. The lowest BCUT2D eigenvalue weighted by atomic mass is 9.90. The lowest BCUT2D eigenvalue weighted by molar-refractivity contribution is 0.0328. The SMILES string of the molecule is Cc1cc(C)cc(CC2(O)C[C@H]3CN(CC(O)c4ccc(O)cc4)C[C@H]3C2)c1. The molecule has 1 saturated carbocycles.